The number of hydrogen-bond donors (Lipinski definition) is 0. The second kappa shape index (κ2) is 7.82. The molecule has 1 aromatic heterocycles. The number of aromatic nitrogens is 1. The van der Waals surface area contributed by atoms with E-state index in [0.29, 0.717) is 13.0 Å². The molecule has 0 aliphatic carbocycles. The number of halogens is 3. The molecule has 0 radical (unpaired) electrons. The van der Waals surface area contributed by atoms with Crippen molar-refractivity contribution in [3.63, 3.8) is 0 Å². The summed E-state index contributed by atoms with van der Waals surface area (Å²) in [7, 11) is 0. The summed E-state index contributed by atoms with van der Waals surface area (Å²) in [6, 6.07) is 10.8. The number of pyridine rings is 1. The fraction of sp³-hybridized carbons (Fsp3) is 0.333. The van der Waals surface area contributed by atoms with E-state index in [1.54, 1.807) is 6.07 Å². The van der Waals surface area contributed by atoms with Gasteiger partial charge in [0.1, 0.15) is 5.75 Å². The number of aryl methyl sites for hydroxylation is 2. The van der Waals surface area contributed by atoms with E-state index in [-0.39, 0.29) is 5.75 Å². The van der Waals surface area contributed by atoms with Crippen LogP contribution >= 0.6 is 0 Å². The van der Waals surface area contributed by atoms with Gasteiger partial charge in [-0.05, 0) is 56.5 Å². The summed E-state index contributed by atoms with van der Waals surface area (Å²) in [5, 5.41) is 8.75. The third-order valence-electron chi connectivity index (χ3n) is 3.46. The van der Waals surface area contributed by atoms with Crippen LogP contribution in [0.15, 0.2) is 36.4 Å². The van der Waals surface area contributed by atoms with Crippen LogP contribution in [0.25, 0.3) is 0 Å². The normalized spacial score (nSPS) is 11.1. The van der Waals surface area contributed by atoms with Crippen LogP contribution < -0.4 is 4.74 Å². The average Bonchev–Trinajstić information content (AvgIpc) is 2.53. The van der Waals surface area contributed by atoms with Gasteiger partial charge in [-0.15, -0.1) is 0 Å². The first kappa shape index (κ1) is 17.8. The Morgan fingerprint density at radius 3 is 2.62 bits per heavy atom. The second-order valence-electron chi connectivity index (χ2n) is 5.39. The van der Waals surface area contributed by atoms with Gasteiger partial charge in [-0.3, -0.25) is 4.98 Å². The van der Waals surface area contributed by atoms with Crippen LogP contribution in [-0.2, 0) is 12.6 Å². The summed E-state index contributed by atoms with van der Waals surface area (Å²) < 4.78 is 44.0. The molecule has 0 fully saturated rings. The summed E-state index contributed by atoms with van der Waals surface area (Å²) in [6.07, 6.45) is -2.23. The molecule has 126 valence electrons. The molecule has 0 atom stereocenters. The topological polar surface area (TPSA) is 45.9 Å². The maximum absolute atomic E-state index is 12.9. The Labute approximate surface area is 138 Å². The zero-order chi connectivity index (χ0) is 17.6. The Kier molecular flexibility index (Phi) is 5.80. The summed E-state index contributed by atoms with van der Waals surface area (Å²) in [6.45, 7) is 2.24. The largest absolute Gasteiger partial charge is 0.494 e. The number of rotatable bonds is 6. The number of hydrogen-bond acceptors (Lipinski definition) is 3. The van der Waals surface area contributed by atoms with Crippen molar-refractivity contribution in [1.29, 1.82) is 5.26 Å². The van der Waals surface area contributed by atoms with Crippen molar-refractivity contribution in [2.75, 3.05) is 6.61 Å². The molecule has 24 heavy (non-hydrogen) atoms. The van der Waals surface area contributed by atoms with Crippen molar-refractivity contribution in [2.24, 2.45) is 0 Å². The third kappa shape index (κ3) is 4.98. The van der Waals surface area contributed by atoms with Gasteiger partial charge >= 0.3 is 6.18 Å². The number of nitriles is 1. The molecule has 1 aromatic carbocycles. The van der Waals surface area contributed by atoms with Gasteiger partial charge < -0.3 is 4.74 Å². The predicted octanol–water partition coefficient (Wildman–Crippen LogP) is 4.68. The van der Waals surface area contributed by atoms with Gasteiger partial charge in [0.25, 0.3) is 0 Å². The summed E-state index contributed by atoms with van der Waals surface area (Å²) >= 11 is 0. The zero-order valence-electron chi connectivity index (χ0n) is 13.2. The van der Waals surface area contributed by atoms with Crippen LogP contribution in [0.3, 0.4) is 0 Å². The summed E-state index contributed by atoms with van der Waals surface area (Å²) in [4.78, 5) is 4.39. The molecule has 1 heterocycles. The van der Waals surface area contributed by atoms with Crippen LogP contribution in [0.4, 0.5) is 13.2 Å². The molecule has 0 N–H and O–H groups in total. The van der Waals surface area contributed by atoms with Gasteiger partial charge in [0.15, 0.2) is 0 Å². The SMILES string of the molecule is Cc1cccc(CCCCOc2ccc(C#N)c(C(F)(F)F)c2)n1. The number of unbranched alkanes of at least 4 members (excludes halogenated alkanes) is 1. The Morgan fingerprint density at radius 1 is 1.17 bits per heavy atom. The number of benzene rings is 1. The van der Waals surface area contributed by atoms with Crippen molar-refractivity contribution in [3.8, 4) is 11.8 Å². The van der Waals surface area contributed by atoms with E-state index in [4.69, 9.17) is 10.00 Å². The molecule has 2 rings (SSSR count). The van der Waals surface area contributed by atoms with Gasteiger partial charge in [0, 0.05) is 11.4 Å². The lowest BCUT2D eigenvalue weighted by Crippen LogP contribution is -2.08. The summed E-state index contributed by atoms with van der Waals surface area (Å²) in [5.74, 6) is 0.120. The van der Waals surface area contributed by atoms with Crippen LogP contribution in [0.1, 0.15) is 35.4 Å². The summed E-state index contributed by atoms with van der Waals surface area (Å²) in [5.41, 5.74) is 0.584. The highest BCUT2D eigenvalue weighted by Crippen LogP contribution is 2.34. The lowest BCUT2D eigenvalue weighted by molar-refractivity contribution is -0.137. The molecule has 0 spiro atoms. The second-order valence-corrected chi connectivity index (χ2v) is 5.39. The molecular weight excluding hydrogens is 317 g/mol. The van der Waals surface area contributed by atoms with E-state index in [0.717, 1.165) is 36.4 Å². The number of alkyl halides is 3. The Balaban J connectivity index is 1.85. The van der Waals surface area contributed by atoms with Crippen molar-refractivity contribution >= 4 is 0 Å². The first-order valence-corrected chi connectivity index (χ1v) is 7.57. The molecule has 0 amide bonds. The maximum atomic E-state index is 12.9. The van der Waals surface area contributed by atoms with Gasteiger partial charge in [-0.25, -0.2) is 0 Å². The molecule has 0 saturated heterocycles. The van der Waals surface area contributed by atoms with E-state index >= 15 is 0 Å². The smallest absolute Gasteiger partial charge is 0.417 e. The maximum Gasteiger partial charge on any atom is 0.417 e. The van der Waals surface area contributed by atoms with E-state index in [1.165, 1.54) is 6.07 Å². The molecule has 2 aromatic rings. The van der Waals surface area contributed by atoms with E-state index < -0.39 is 17.3 Å². The van der Waals surface area contributed by atoms with E-state index in [9.17, 15) is 13.2 Å². The number of nitrogens with zero attached hydrogens (tertiary/aromatic N) is 2. The lowest BCUT2D eigenvalue weighted by atomic mass is 10.1. The fourth-order valence-electron chi connectivity index (χ4n) is 2.28. The minimum atomic E-state index is -4.57. The van der Waals surface area contributed by atoms with Crippen molar-refractivity contribution in [1.82, 2.24) is 4.98 Å². The van der Waals surface area contributed by atoms with Gasteiger partial charge in [-0.1, -0.05) is 6.07 Å². The lowest BCUT2D eigenvalue weighted by Gasteiger charge is -2.12. The highest BCUT2D eigenvalue weighted by Gasteiger charge is 2.34. The monoisotopic (exact) mass is 334 g/mol. The van der Waals surface area contributed by atoms with Crippen molar-refractivity contribution in [3.05, 3.63) is 58.9 Å². The molecule has 0 aliphatic heterocycles. The van der Waals surface area contributed by atoms with E-state index in [1.807, 2.05) is 25.1 Å². The Hall–Kier alpha value is -2.55. The van der Waals surface area contributed by atoms with Crippen LogP contribution in [0.2, 0.25) is 0 Å². The minimum absolute atomic E-state index is 0.120. The predicted molar refractivity (Wildman–Crippen MR) is 83.6 cm³/mol. The molecule has 3 nitrogen and oxygen atoms in total. The number of ether oxygens (including phenoxy) is 1. The molecule has 0 saturated carbocycles. The van der Waals surface area contributed by atoms with Crippen molar-refractivity contribution < 1.29 is 17.9 Å². The van der Waals surface area contributed by atoms with E-state index in [2.05, 4.69) is 4.98 Å². The first-order valence-electron chi connectivity index (χ1n) is 7.57. The van der Waals surface area contributed by atoms with Gasteiger partial charge in [0.2, 0.25) is 0 Å². The Morgan fingerprint density at radius 2 is 1.96 bits per heavy atom. The first-order chi connectivity index (χ1) is 11.4. The Bertz CT molecular complexity index is 736. The molecule has 0 aliphatic rings. The average molecular weight is 334 g/mol. The molecule has 6 heteroatoms. The molecular formula is C18H17F3N2O. The van der Waals surface area contributed by atoms with Crippen LogP contribution in [0.5, 0.6) is 5.75 Å². The molecule has 0 bridgehead atoms. The van der Waals surface area contributed by atoms with Crippen LogP contribution in [-0.4, -0.2) is 11.6 Å². The van der Waals surface area contributed by atoms with Gasteiger partial charge in [-0.2, -0.15) is 18.4 Å². The highest BCUT2D eigenvalue weighted by atomic mass is 19.4. The molecule has 0 unspecified atom stereocenters. The minimum Gasteiger partial charge on any atom is -0.494 e. The fourth-order valence-corrected chi connectivity index (χ4v) is 2.28. The highest BCUT2D eigenvalue weighted by molar-refractivity contribution is 5.44. The van der Waals surface area contributed by atoms with Crippen LogP contribution in [0, 0.1) is 18.3 Å². The standard InChI is InChI=1S/C18H17F3N2O/c1-13-5-4-7-15(23-13)6-2-3-10-24-16-9-8-14(12-22)17(11-16)18(19,20)21/h4-5,7-9,11H,2-3,6,10H2,1H3. The third-order valence-corrected chi connectivity index (χ3v) is 3.46. The van der Waals surface area contributed by atoms with Crippen molar-refractivity contribution in [2.45, 2.75) is 32.4 Å². The zero-order valence-corrected chi connectivity index (χ0v) is 13.2. The quantitative estimate of drug-likeness (QED) is 0.721. The van der Waals surface area contributed by atoms with Gasteiger partial charge in [0.05, 0.1) is 23.8 Å².